The van der Waals surface area contributed by atoms with Gasteiger partial charge < -0.3 is 19.7 Å². The number of nitro benzene ring substituents is 1. The van der Waals surface area contributed by atoms with Gasteiger partial charge in [0.1, 0.15) is 5.56 Å². The molecule has 0 aromatic heterocycles. The molecule has 0 fully saturated rings. The monoisotopic (exact) mass is 339 g/mol. The van der Waals surface area contributed by atoms with E-state index in [1.165, 1.54) is 19.2 Å². The van der Waals surface area contributed by atoms with E-state index in [1.807, 2.05) is 13.8 Å². The fourth-order valence-corrected chi connectivity index (χ4v) is 2.27. The lowest BCUT2D eigenvalue weighted by molar-refractivity contribution is -0.385. The third-order valence-corrected chi connectivity index (χ3v) is 3.63. The quantitative estimate of drug-likeness (QED) is 0.518. The van der Waals surface area contributed by atoms with Crippen molar-refractivity contribution in [2.75, 3.05) is 39.9 Å². The minimum atomic E-state index is -0.600. The smallest absolute Gasteiger partial charge is 0.286 e. The van der Waals surface area contributed by atoms with Crippen LogP contribution in [-0.4, -0.2) is 55.6 Å². The molecule has 1 N–H and O–H groups in total. The normalized spacial score (nSPS) is 10.5. The van der Waals surface area contributed by atoms with Crippen molar-refractivity contribution in [1.29, 1.82) is 0 Å². The van der Waals surface area contributed by atoms with Gasteiger partial charge in [0.15, 0.2) is 11.5 Å². The molecule has 1 aromatic carbocycles. The summed E-state index contributed by atoms with van der Waals surface area (Å²) in [6.45, 7) is 9.06. The molecule has 0 bridgehead atoms. The van der Waals surface area contributed by atoms with Crippen molar-refractivity contribution in [2.45, 2.75) is 20.8 Å². The maximum atomic E-state index is 12.4. The van der Waals surface area contributed by atoms with Crippen LogP contribution in [0.5, 0.6) is 11.5 Å². The standard InChI is InChI=1S/C16H25N3O5/c1-5-18(6-2)9-8-17-16(20)12-10-15(24-7-3)14(23-4)11-13(12)19(21)22/h10-11H,5-9H2,1-4H3,(H,17,20). The molecule has 0 unspecified atom stereocenters. The van der Waals surface area contributed by atoms with E-state index in [4.69, 9.17) is 9.47 Å². The number of carbonyl (C=O) groups excluding carboxylic acids is 1. The first kappa shape index (κ1) is 19.7. The lowest BCUT2D eigenvalue weighted by Gasteiger charge is -2.18. The molecule has 24 heavy (non-hydrogen) atoms. The van der Waals surface area contributed by atoms with E-state index in [0.717, 1.165) is 13.1 Å². The van der Waals surface area contributed by atoms with Gasteiger partial charge in [0, 0.05) is 19.2 Å². The Balaban J connectivity index is 3.00. The van der Waals surface area contributed by atoms with Gasteiger partial charge in [-0.25, -0.2) is 0 Å². The fraction of sp³-hybridized carbons (Fsp3) is 0.562. The van der Waals surface area contributed by atoms with Crippen molar-refractivity contribution in [3.8, 4) is 11.5 Å². The Morgan fingerprint density at radius 3 is 2.42 bits per heavy atom. The topological polar surface area (TPSA) is 93.9 Å². The van der Waals surface area contributed by atoms with Crippen LogP contribution >= 0.6 is 0 Å². The Morgan fingerprint density at radius 2 is 1.92 bits per heavy atom. The van der Waals surface area contributed by atoms with E-state index in [1.54, 1.807) is 6.92 Å². The van der Waals surface area contributed by atoms with Gasteiger partial charge in [-0.1, -0.05) is 13.8 Å². The Hall–Kier alpha value is -2.35. The second-order valence-electron chi connectivity index (χ2n) is 4.99. The summed E-state index contributed by atoms with van der Waals surface area (Å²) in [5.74, 6) is 0.0280. The Bertz CT molecular complexity index is 573. The van der Waals surface area contributed by atoms with Gasteiger partial charge in [-0.2, -0.15) is 0 Å². The number of likely N-dealkylation sites (N-methyl/N-ethyl adjacent to an activating group) is 1. The second kappa shape index (κ2) is 9.71. The number of hydrogen-bond donors (Lipinski definition) is 1. The molecule has 0 saturated carbocycles. The van der Waals surface area contributed by atoms with E-state index in [0.29, 0.717) is 25.4 Å². The highest BCUT2D eigenvalue weighted by molar-refractivity contribution is 5.99. The van der Waals surface area contributed by atoms with Crippen LogP contribution in [0.25, 0.3) is 0 Å². The number of hydrogen-bond acceptors (Lipinski definition) is 6. The summed E-state index contributed by atoms with van der Waals surface area (Å²) >= 11 is 0. The minimum absolute atomic E-state index is 0.0382. The zero-order valence-corrected chi connectivity index (χ0v) is 14.6. The number of ether oxygens (including phenoxy) is 2. The highest BCUT2D eigenvalue weighted by Crippen LogP contribution is 2.34. The van der Waals surface area contributed by atoms with Crippen molar-refractivity contribution in [3.05, 3.63) is 27.8 Å². The first-order chi connectivity index (χ1) is 11.5. The Kier molecular flexibility index (Phi) is 7.97. The van der Waals surface area contributed by atoms with E-state index < -0.39 is 10.8 Å². The van der Waals surface area contributed by atoms with Crippen LogP contribution in [0.2, 0.25) is 0 Å². The number of carbonyl (C=O) groups is 1. The maximum absolute atomic E-state index is 12.4. The fourth-order valence-electron chi connectivity index (χ4n) is 2.27. The molecule has 1 aromatic rings. The van der Waals surface area contributed by atoms with Gasteiger partial charge in [-0.15, -0.1) is 0 Å². The SMILES string of the molecule is CCOc1cc(C(=O)NCCN(CC)CC)c([N+](=O)[O-])cc1OC. The van der Waals surface area contributed by atoms with Crippen molar-refractivity contribution in [3.63, 3.8) is 0 Å². The largest absolute Gasteiger partial charge is 0.493 e. The molecule has 0 saturated heterocycles. The first-order valence-corrected chi connectivity index (χ1v) is 7.98. The Labute approximate surface area is 141 Å². The summed E-state index contributed by atoms with van der Waals surface area (Å²) in [6, 6.07) is 2.57. The molecular weight excluding hydrogens is 314 g/mol. The molecule has 134 valence electrons. The third-order valence-electron chi connectivity index (χ3n) is 3.63. The maximum Gasteiger partial charge on any atom is 0.286 e. The summed E-state index contributed by atoms with van der Waals surface area (Å²) in [5, 5.41) is 14.0. The summed E-state index contributed by atoms with van der Waals surface area (Å²) in [6.07, 6.45) is 0. The zero-order chi connectivity index (χ0) is 18.1. The third kappa shape index (κ3) is 5.09. The molecule has 1 amide bonds. The van der Waals surface area contributed by atoms with Crippen LogP contribution in [0.4, 0.5) is 5.69 Å². The number of nitrogens with zero attached hydrogens (tertiary/aromatic N) is 2. The molecule has 0 aliphatic rings. The summed E-state index contributed by atoms with van der Waals surface area (Å²) in [4.78, 5) is 25.2. The van der Waals surface area contributed by atoms with Crippen LogP contribution in [-0.2, 0) is 0 Å². The summed E-state index contributed by atoms with van der Waals surface area (Å²) in [5.41, 5.74) is -0.348. The van der Waals surface area contributed by atoms with Gasteiger partial charge in [-0.05, 0) is 20.0 Å². The van der Waals surface area contributed by atoms with E-state index >= 15 is 0 Å². The second-order valence-corrected chi connectivity index (χ2v) is 4.99. The lowest BCUT2D eigenvalue weighted by atomic mass is 10.1. The number of nitrogens with one attached hydrogen (secondary N) is 1. The minimum Gasteiger partial charge on any atom is -0.493 e. The molecule has 1 rings (SSSR count). The number of amides is 1. The Morgan fingerprint density at radius 1 is 1.25 bits per heavy atom. The van der Waals surface area contributed by atoms with E-state index in [9.17, 15) is 14.9 Å². The summed E-state index contributed by atoms with van der Waals surface area (Å²) in [7, 11) is 1.39. The molecule has 0 radical (unpaired) electrons. The van der Waals surface area contributed by atoms with E-state index in [2.05, 4.69) is 10.2 Å². The van der Waals surface area contributed by atoms with Crippen LogP contribution in [0.3, 0.4) is 0 Å². The van der Waals surface area contributed by atoms with Crippen molar-refractivity contribution in [2.24, 2.45) is 0 Å². The average molecular weight is 339 g/mol. The van der Waals surface area contributed by atoms with Gasteiger partial charge in [-0.3, -0.25) is 14.9 Å². The molecule has 0 spiro atoms. The molecule has 8 nitrogen and oxygen atoms in total. The first-order valence-electron chi connectivity index (χ1n) is 7.98. The number of nitro groups is 1. The number of benzene rings is 1. The number of rotatable bonds is 10. The highest BCUT2D eigenvalue weighted by Gasteiger charge is 2.24. The lowest BCUT2D eigenvalue weighted by Crippen LogP contribution is -2.35. The van der Waals surface area contributed by atoms with Crippen molar-refractivity contribution in [1.82, 2.24) is 10.2 Å². The molecule has 8 heteroatoms. The molecule has 0 aliphatic heterocycles. The number of methoxy groups -OCH3 is 1. The van der Waals surface area contributed by atoms with Gasteiger partial charge in [0.2, 0.25) is 0 Å². The van der Waals surface area contributed by atoms with Gasteiger partial charge >= 0.3 is 0 Å². The van der Waals surface area contributed by atoms with Crippen LogP contribution in [0.15, 0.2) is 12.1 Å². The predicted molar refractivity (Wildman–Crippen MR) is 90.9 cm³/mol. The average Bonchev–Trinajstić information content (AvgIpc) is 2.58. The molecule has 0 heterocycles. The van der Waals surface area contributed by atoms with Gasteiger partial charge in [0.05, 0.1) is 24.7 Å². The zero-order valence-electron chi connectivity index (χ0n) is 14.6. The van der Waals surface area contributed by atoms with Crippen molar-refractivity contribution < 1.29 is 19.2 Å². The van der Waals surface area contributed by atoms with Crippen LogP contribution in [0.1, 0.15) is 31.1 Å². The van der Waals surface area contributed by atoms with Gasteiger partial charge in [0.25, 0.3) is 11.6 Å². The summed E-state index contributed by atoms with van der Waals surface area (Å²) < 4.78 is 10.5. The molecular formula is C16H25N3O5. The molecule has 0 aliphatic carbocycles. The highest BCUT2D eigenvalue weighted by atomic mass is 16.6. The van der Waals surface area contributed by atoms with Crippen LogP contribution < -0.4 is 14.8 Å². The molecule has 0 atom stereocenters. The van der Waals surface area contributed by atoms with E-state index in [-0.39, 0.29) is 17.0 Å². The van der Waals surface area contributed by atoms with Crippen molar-refractivity contribution >= 4 is 11.6 Å². The van der Waals surface area contributed by atoms with Crippen LogP contribution in [0, 0.1) is 10.1 Å². The predicted octanol–water partition coefficient (Wildman–Crippen LogP) is 2.07.